The molecule has 0 aliphatic carbocycles. The number of rotatable bonds is 7. The molecule has 0 bridgehead atoms. The second-order valence-corrected chi connectivity index (χ2v) is 14.5. The van der Waals surface area contributed by atoms with E-state index < -0.39 is 0 Å². The summed E-state index contributed by atoms with van der Waals surface area (Å²) in [4.78, 5) is 2.35. The van der Waals surface area contributed by atoms with Gasteiger partial charge in [0.2, 0.25) is 0 Å². The van der Waals surface area contributed by atoms with Gasteiger partial charge in [-0.25, -0.2) is 0 Å². The van der Waals surface area contributed by atoms with Gasteiger partial charge in [0.25, 0.3) is 0 Å². The smallest absolute Gasteiger partial charge is 0.136 e. The van der Waals surface area contributed by atoms with E-state index in [2.05, 4.69) is 216 Å². The van der Waals surface area contributed by atoms with Crippen LogP contribution in [0.1, 0.15) is 0 Å². The lowest BCUT2D eigenvalue weighted by atomic mass is 9.98. The number of para-hydroxylation sites is 4. The molecule has 3 nitrogen and oxygen atoms in total. The molecule has 0 spiro atoms. The predicted molar refractivity (Wildman–Crippen MR) is 239 cm³/mol. The highest BCUT2D eigenvalue weighted by Crippen LogP contribution is 2.42. The molecule has 0 fully saturated rings. The minimum absolute atomic E-state index is 0.900. The van der Waals surface area contributed by atoms with Crippen LogP contribution in [-0.4, -0.2) is 4.57 Å². The Bertz CT molecular complexity index is 3170. The summed E-state index contributed by atoms with van der Waals surface area (Å²) < 4.78 is 8.64. The van der Waals surface area contributed by atoms with Crippen molar-refractivity contribution in [1.29, 1.82) is 0 Å². The van der Waals surface area contributed by atoms with Crippen molar-refractivity contribution in [3.8, 4) is 39.1 Å². The Kier molecular flexibility index (Phi) is 7.82. The van der Waals surface area contributed by atoms with E-state index in [0.29, 0.717) is 0 Å². The molecule has 0 N–H and O–H groups in total. The first-order chi connectivity index (χ1) is 28.3. The van der Waals surface area contributed by atoms with Crippen molar-refractivity contribution in [3.05, 3.63) is 218 Å². The molecule has 0 aliphatic heterocycles. The van der Waals surface area contributed by atoms with Crippen molar-refractivity contribution in [2.75, 3.05) is 4.90 Å². The molecule has 11 rings (SSSR count). The number of fused-ring (bicyclic) bond motifs is 6. The number of aromatic nitrogens is 1. The Morgan fingerprint density at radius 1 is 0.333 bits per heavy atom. The van der Waals surface area contributed by atoms with Crippen molar-refractivity contribution in [3.63, 3.8) is 0 Å². The Balaban J connectivity index is 1.02. The van der Waals surface area contributed by atoms with Crippen LogP contribution in [0.3, 0.4) is 0 Å². The third kappa shape index (κ3) is 5.60. The van der Waals surface area contributed by atoms with Crippen molar-refractivity contribution in [1.82, 2.24) is 4.57 Å². The molecule has 11 aromatic rings. The number of nitrogens with zero attached hydrogens (tertiary/aromatic N) is 2. The Morgan fingerprint density at radius 3 is 1.58 bits per heavy atom. The van der Waals surface area contributed by atoms with Gasteiger partial charge in [0.15, 0.2) is 0 Å². The van der Waals surface area contributed by atoms with Crippen LogP contribution in [-0.2, 0) is 0 Å². The molecule has 3 heteroatoms. The lowest BCUT2D eigenvalue weighted by Crippen LogP contribution is -2.10. The van der Waals surface area contributed by atoms with E-state index in [1.807, 2.05) is 12.1 Å². The van der Waals surface area contributed by atoms with Crippen LogP contribution in [0, 0.1) is 0 Å². The SMILES string of the molecule is c1ccc(-c2cccc(N(c3ccc(-c4ccccc4-n4c5ccccc5c5ccccc54)cc3)c3ccc(-c4cccc5oc6ccccc6c45)cc3)c2)cc1. The van der Waals surface area contributed by atoms with E-state index in [9.17, 15) is 0 Å². The minimum Gasteiger partial charge on any atom is -0.456 e. The average Bonchev–Trinajstić information content (AvgIpc) is 3.84. The molecule has 0 atom stereocenters. The van der Waals surface area contributed by atoms with E-state index in [1.165, 1.54) is 38.5 Å². The summed E-state index contributed by atoms with van der Waals surface area (Å²) in [6.07, 6.45) is 0. The quantitative estimate of drug-likeness (QED) is 0.163. The maximum absolute atomic E-state index is 6.24. The van der Waals surface area contributed by atoms with E-state index in [0.717, 1.165) is 61.4 Å². The van der Waals surface area contributed by atoms with Crippen LogP contribution >= 0.6 is 0 Å². The van der Waals surface area contributed by atoms with Crippen LogP contribution in [0.25, 0.3) is 82.8 Å². The molecular formula is C54H36N2O. The molecular weight excluding hydrogens is 693 g/mol. The van der Waals surface area contributed by atoms with Crippen LogP contribution < -0.4 is 4.90 Å². The fourth-order valence-corrected chi connectivity index (χ4v) is 8.59. The zero-order valence-corrected chi connectivity index (χ0v) is 31.1. The van der Waals surface area contributed by atoms with Gasteiger partial charge < -0.3 is 13.9 Å². The Hall–Kier alpha value is -7.62. The first kappa shape index (κ1) is 32.8. The summed E-state index contributed by atoms with van der Waals surface area (Å²) in [7, 11) is 0. The number of furan rings is 1. The van der Waals surface area contributed by atoms with Gasteiger partial charge in [-0.1, -0.05) is 152 Å². The van der Waals surface area contributed by atoms with Crippen molar-refractivity contribution in [2.24, 2.45) is 0 Å². The highest BCUT2D eigenvalue weighted by Gasteiger charge is 2.18. The molecule has 9 aromatic carbocycles. The van der Waals surface area contributed by atoms with Gasteiger partial charge in [-0.2, -0.15) is 0 Å². The zero-order valence-electron chi connectivity index (χ0n) is 31.1. The van der Waals surface area contributed by atoms with Crippen LogP contribution in [0.5, 0.6) is 0 Å². The number of hydrogen-bond donors (Lipinski definition) is 0. The molecule has 2 heterocycles. The summed E-state index contributed by atoms with van der Waals surface area (Å²) in [6.45, 7) is 0. The monoisotopic (exact) mass is 728 g/mol. The molecule has 57 heavy (non-hydrogen) atoms. The molecule has 0 radical (unpaired) electrons. The lowest BCUT2D eigenvalue weighted by Gasteiger charge is -2.26. The van der Waals surface area contributed by atoms with E-state index in [1.54, 1.807) is 0 Å². The molecule has 268 valence electrons. The minimum atomic E-state index is 0.900. The summed E-state index contributed by atoms with van der Waals surface area (Å²) >= 11 is 0. The first-order valence-corrected chi connectivity index (χ1v) is 19.4. The molecule has 0 aliphatic rings. The van der Waals surface area contributed by atoms with Crippen LogP contribution in [0.2, 0.25) is 0 Å². The van der Waals surface area contributed by atoms with E-state index in [4.69, 9.17) is 4.42 Å². The highest BCUT2D eigenvalue weighted by molar-refractivity contribution is 6.12. The fourth-order valence-electron chi connectivity index (χ4n) is 8.59. The first-order valence-electron chi connectivity index (χ1n) is 19.4. The number of benzene rings is 9. The van der Waals surface area contributed by atoms with Crippen LogP contribution in [0.15, 0.2) is 223 Å². The van der Waals surface area contributed by atoms with Gasteiger partial charge in [0.1, 0.15) is 11.2 Å². The van der Waals surface area contributed by atoms with Gasteiger partial charge in [0, 0.05) is 44.2 Å². The Labute approximate surface area is 330 Å². The second kappa shape index (κ2) is 13.6. The normalized spacial score (nSPS) is 11.5. The van der Waals surface area contributed by atoms with Gasteiger partial charge in [-0.05, 0) is 94.5 Å². The molecule has 0 amide bonds. The second-order valence-electron chi connectivity index (χ2n) is 14.5. The van der Waals surface area contributed by atoms with Crippen molar-refractivity contribution in [2.45, 2.75) is 0 Å². The third-order valence-corrected chi connectivity index (χ3v) is 11.2. The third-order valence-electron chi connectivity index (χ3n) is 11.2. The zero-order chi connectivity index (χ0) is 37.7. The van der Waals surface area contributed by atoms with E-state index in [-0.39, 0.29) is 0 Å². The Morgan fingerprint density at radius 2 is 0.860 bits per heavy atom. The van der Waals surface area contributed by atoms with Crippen molar-refractivity contribution < 1.29 is 4.42 Å². The van der Waals surface area contributed by atoms with Crippen LogP contribution in [0.4, 0.5) is 17.1 Å². The van der Waals surface area contributed by atoms with Gasteiger partial charge in [-0.3, -0.25) is 0 Å². The highest BCUT2D eigenvalue weighted by atomic mass is 16.3. The number of hydrogen-bond acceptors (Lipinski definition) is 2. The molecule has 0 saturated carbocycles. The number of anilines is 3. The summed E-state index contributed by atoms with van der Waals surface area (Å²) in [5, 5.41) is 4.79. The van der Waals surface area contributed by atoms with Crippen molar-refractivity contribution >= 4 is 60.8 Å². The maximum Gasteiger partial charge on any atom is 0.136 e. The van der Waals surface area contributed by atoms with Gasteiger partial charge >= 0.3 is 0 Å². The largest absolute Gasteiger partial charge is 0.456 e. The topological polar surface area (TPSA) is 21.3 Å². The van der Waals surface area contributed by atoms with Gasteiger partial charge in [0.05, 0.1) is 16.7 Å². The average molecular weight is 729 g/mol. The summed E-state index contributed by atoms with van der Waals surface area (Å²) in [5.74, 6) is 0. The summed E-state index contributed by atoms with van der Waals surface area (Å²) in [6, 6.07) is 78.1. The summed E-state index contributed by atoms with van der Waals surface area (Å²) in [5.41, 5.74) is 15.6. The fraction of sp³-hybridized carbons (Fsp3) is 0. The molecule has 2 aromatic heterocycles. The standard InChI is InChI=1S/C54H36N2O/c1-2-14-37(15-3-1)40-16-12-17-43(36-40)55(42-34-30-39(31-35-42)45-22-13-27-53-54(45)48-21-7-11-26-52(48)57-53)41-32-28-38(29-33-41)44-18-4-8-23-49(44)56-50-24-9-5-19-46(50)47-20-6-10-25-51(47)56/h1-36H. The molecule has 0 saturated heterocycles. The predicted octanol–water partition coefficient (Wildman–Crippen LogP) is 15.2. The van der Waals surface area contributed by atoms with E-state index >= 15 is 0 Å². The lowest BCUT2D eigenvalue weighted by molar-refractivity contribution is 0.669. The molecule has 0 unspecified atom stereocenters. The maximum atomic E-state index is 6.24. The van der Waals surface area contributed by atoms with Gasteiger partial charge in [-0.15, -0.1) is 0 Å².